The molecule has 144 valence electrons. The van der Waals surface area contributed by atoms with E-state index in [-0.39, 0.29) is 15.0 Å². The minimum absolute atomic E-state index is 0.107. The number of ether oxygens (including phenoxy) is 1. The van der Waals surface area contributed by atoms with Gasteiger partial charge in [0.15, 0.2) is 0 Å². The van der Waals surface area contributed by atoms with E-state index >= 15 is 0 Å². The zero-order valence-corrected chi connectivity index (χ0v) is 17.1. The maximum atomic E-state index is 13.1. The summed E-state index contributed by atoms with van der Waals surface area (Å²) in [6.45, 7) is 0. The van der Waals surface area contributed by atoms with Gasteiger partial charge in [-0.3, -0.25) is 0 Å². The van der Waals surface area contributed by atoms with Crippen molar-refractivity contribution in [1.82, 2.24) is 0 Å². The van der Waals surface area contributed by atoms with E-state index < -0.39 is 17.3 Å². The zero-order chi connectivity index (χ0) is 19.8. The zero-order valence-electron chi connectivity index (χ0n) is 14.7. The van der Waals surface area contributed by atoms with Crippen LogP contribution in [0.15, 0.2) is 72.8 Å². The van der Waals surface area contributed by atoms with Gasteiger partial charge in [0.05, 0.1) is 0 Å². The second kappa shape index (κ2) is 7.47. The van der Waals surface area contributed by atoms with E-state index in [0.29, 0.717) is 28.1 Å². The van der Waals surface area contributed by atoms with Crippen LogP contribution in [0.3, 0.4) is 0 Å². The molecule has 0 saturated carbocycles. The molecule has 1 unspecified atom stereocenters. The third kappa shape index (κ3) is 3.93. The van der Waals surface area contributed by atoms with Gasteiger partial charge in [-0.2, -0.15) is 0 Å². The third-order valence-corrected chi connectivity index (χ3v) is 7.56. The molecule has 0 N–H and O–H groups in total. The summed E-state index contributed by atoms with van der Waals surface area (Å²) >= 11 is 6.14. The molecule has 0 bridgehead atoms. The molecule has 3 aromatic carbocycles. The van der Waals surface area contributed by atoms with Crippen LogP contribution in [0.4, 0.5) is 13.2 Å². The molecule has 1 aliphatic rings. The Morgan fingerprint density at radius 3 is 2.36 bits per heavy atom. The van der Waals surface area contributed by atoms with Crippen molar-refractivity contribution in [2.45, 2.75) is 23.5 Å². The number of halogens is 4. The van der Waals surface area contributed by atoms with Crippen LogP contribution in [0.1, 0.15) is 16.7 Å². The molecule has 1 atom stereocenters. The van der Waals surface area contributed by atoms with E-state index in [1.807, 2.05) is 30.3 Å². The monoisotopic (exact) mass is 468 g/mol. The molecule has 1 heterocycles. The van der Waals surface area contributed by atoms with E-state index in [2.05, 4.69) is 12.1 Å². The van der Waals surface area contributed by atoms with Crippen molar-refractivity contribution in [1.29, 1.82) is 0 Å². The summed E-state index contributed by atoms with van der Waals surface area (Å²) in [5.41, 5.74) is 0.191. The molecule has 0 aromatic heterocycles. The first-order valence-electron chi connectivity index (χ1n) is 8.69. The van der Waals surface area contributed by atoms with Gasteiger partial charge in [0, 0.05) is 0 Å². The summed E-state index contributed by atoms with van der Waals surface area (Å²) < 4.78 is 46.9. The second-order valence-corrected chi connectivity index (χ2v) is 9.34. The van der Waals surface area contributed by atoms with E-state index in [1.165, 1.54) is 16.6 Å². The van der Waals surface area contributed by atoms with Crippen LogP contribution in [0, 0.1) is 0 Å². The van der Waals surface area contributed by atoms with Crippen LogP contribution in [-0.4, -0.2) is 15.0 Å². The van der Waals surface area contributed by atoms with Crippen LogP contribution >= 0.6 is 11.6 Å². The molecule has 4 rings (SSSR count). The topological polar surface area (TPSA) is 9.23 Å². The number of fused-ring (bicyclic) bond motifs is 1. The van der Waals surface area contributed by atoms with E-state index in [0.717, 1.165) is 11.6 Å². The molecule has 0 radical (unpaired) electrons. The molecule has 0 fully saturated rings. The van der Waals surface area contributed by atoms with Gasteiger partial charge < -0.3 is 0 Å². The predicted molar refractivity (Wildman–Crippen MR) is 106 cm³/mol. The van der Waals surface area contributed by atoms with Crippen molar-refractivity contribution in [3.8, 4) is 5.75 Å². The summed E-state index contributed by atoms with van der Waals surface area (Å²) in [7, 11) is 0. The average Bonchev–Trinajstić information content (AvgIpc) is 3.06. The molecule has 1 nitrogen and oxygen atoms in total. The first kappa shape index (κ1) is 19.4. The van der Waals surface area contributed by atoms with Crippen LogP contribution in [0.5, 0.6) is 5.75 Å². The van der Waals surface area contributed by atoms with E-state index in [1.54, 1.807) is 12.1 Å². The molecule has 0 spiro atoms. The van der Waals surface area contributed by atoms with E-state index in [4.69, 9.17) is 16.3 Å². The van der Waals surface area contributed by atoms with Crippen molar-refractivity contribution >= 4 is 31.0 Å². The number of benzene rings is 3. The Hall–Kier alpha value is -1.94. The molecule has 3 aromatic rings. The van der Waals surface area contributed by atoms with Crippen LogP contribution in [-0.2, 0) is 18.2 Å². The molecular weight excluding hydrogens is 452 g/mol. The summed E-state index contributed by atoms with van der Waals surface area (Å²) in [5.74, 6) is 0.520. The molecule has 0 amide bonds. The summed E-state index contributed by atoms with van der Waals surface area (Å²) in [6.07, 6.45) is -3.96. The fourth-order valence-corrected chi connectivity index (χ4v) is 5.73. The normalized spacial score (nSPS) is 18.6. The van der Waals surface area contributed by atoms with Gasteiger partial charge >= 0.3 is 173 Å². The standard InChI is InChI=1S/C22H16ClF3OSe/c23-18-9-6-16(7-10-18)21(14-28-19-4-2-1-3-5-19)13-15-12-17(22(24,25)26)8-11-20(15)27-21/h1-12H,13-14H2. The number of hydrogen-bond acceptors (Lipinski definition) is 1. The van der Waals surface area contributed by atoms with Crippen molar-refractivity contribution in [3.05, 3.63) is 94.5 Å². The number of alkyl halides is 3. The Labute approximate surface area is 172 Å². The van der Waals surface area contributed by atoms with Gasteiger partial charge in [-0.05, 0) is 0 Å². The van der Waals surface area contributed by atoms with Gasteiger partial charge in [0.2, 0.25) is 0 Å². The number of hydrogen-bond donors (Lipinski definition) is 0. The minimum atomic E-state index is -4.37. The first-order chi connectivity index (χ1) is 13.4. The SMILES string of the molecule is FC(F)(F)c1ccc2c(c1)CC(C[Se]c1ccccc1)(c1ccc(Cl)cc1)O2. The molecule has 0 aliphatic carbocycles. The van der Waals surface area contributed by atoms with Crippen LogP contribution < -0.4 is 9.20 Å². The summed E-state index contributed by atoms with van der Waals surface area (Å²) in [5, 5.41) is 1.32. The van der Waals surface area contributed by atoms with Crippen molar-refractivity contribution in [2.24, 2.45) is 0 Å². The van der Waals surface area contributed by atoms with Gasteiger partial charge in [-0.1, -0.05) is 0 Å². The molecule has 0 saturated heterocycles. The summed E-state index contributed by atoms with van der Waals surface area (Å²) in [6, 6.07) is 21.2. The fraction of sp³-hybridized carbons (Fsp3) is 0.182. The Bertz CT molecular complexity index is 973. The van der Waals surface area contributed by atoms with Crippen molar-refractivity contribution < 1.29 is 17.9 Å². The molecule has 28 heavy (non-hydrogen) atoms. The summed E-state index contributed by atoms with van der Waals surface area (Å²) in [4.78, 5) is 0. The Morgan fingerprint density at radius 1 is 0.964 bits per heavy atom. The molecule has 1 aliphatic heterocycles. The first-order valence-corrected chi connectivity index (χ1v) is 11.1. The maximum absolute atomic E-state index is 13.1. The molecule has 6 heteroatoms. The van der Waals surface area contributed by atoms with Gasteiger partial charge in [-0.15, -0.1) is 0 Å². The molecular formula is C22H16ClF3OSe. The predicted octanol–water partition coefficient (Wildman–Crippen LogP) is 5.64. The van der Waals surface area contributed by atoms with Gasteiger partial charge in [-0.25, -0.2) is 0 Å². The fourth-order valence-electron chi connectivity index (χ4n) is 3.34. The Morgan fingerprint density at radius 2 is 1.68 bits per heavy atom. The second-order valence-electron chi connectivity index (χ2n) is 6.70. The van der Waals surface area contributed by atoms with E-state index in [9.17, 15) is 13.2 Å². The van der Waals surface area contributed by atoms with Gasteiger partial charge in [0.25, 0.3) is 0 Å². The third-order valence-electron chi connectivity index (χ3n) is 4.75. The van der Waals surface area contributed by atoms with Crippen LogP contribution in [0.25, 0.3) is 0 Å². The average molecular weight is 468 g/mol. The van der Waals surface area contributed by atoms with Crippen molar-refractivity contribution in [3.63, 3.8) is 0 Å². The quantitative estimate of drug-likeness (QED) is 0.451. The Balaban J connectivity index is 1.69. The van der Waals surface area contributed by atoms with Gasteiger partial charge in [0.1, 0.15) is 0 Å². The van der Waals surface area contributed by atoms with Crippen LogP contribution in [0.2, 0.25) is 10.3 Å². The number of rotatable bonds is 4. The Kier molecular flexibility index (Phi) is 5.17. The van der Waals surface area contributed by atoms with Crippen molar-refractivity contribution in [2.75, 3.05) is 0 Å².